The van der Waals surface area contributed by atoms with Gasteiger partial charge in [0.2, 0.25) is 5.91 Å². The first-order valence-corrected chi connectivity index (χ1v) is 7.14. The van der Waals surface area contributed by atoms with Crippen LogP contribution < -0.4 is 10.6 Å². The van der Waals surface area contributed by atoms with E-state index in [2.05, 4.69) is 10.6 Å². The van der Waals surface area contributed by atoms with Gasteiger partial charge in [0.05, 0.1) is 12.0 Å². The molecular weight excluding hydrogens is 272 g/mol. The van der Waals surface area contributed by atoms with E-state index in [0.717, 1.165) is 11.3 Å². The highest BCUT2D eigenvalue weighted by Gasteiger charge is 2.32. The molecule has 1 aromatic rings. The van der Waals surface area contributed by atoms with Gasteiger partial charge in [-0.15, -0.1) is 0 Å². The first-order valence-electron chi connectivity index (χ1n) is 7.14. The third kappa shape index (κ3) is 2.85. The van der Waals surface area contributed by atoms with Gasteiger partial charge in [-0.25, -0.2) is 4.79 Å². The molecular formula is C15H18N2O4. The lowest BCUT2D eigenvalue weighted by Gasteiger charge is -2.15. The van der Waals surface area contributed by atoms with Gasteiger partial charge in [0.25, 0.3) is 0 Å². The molecule has 6 heteroatoms. The van der Waals surface area contributed by atoms with Crippen molar-refractivity contribution in [2.75, 3.05) is 18.4 Å². The lowest BCUT2D eigenvalue weighted by Crippen LogP contribution is -2.36. The van der Waals surface area contributed by atoms with Crippen LogP contribution in [0.25, 0.3) is 0 Å². The second-order valence-corrected chi connectivity index (χ2v) is 5.43. The fraction of sp³-hybridized carbons (Fsp3) is 0.467. The molecule has 2 aliphatic heterocycles. The molecule has 3 unspecified atom stereocenters. The van der Waals surface area contributed by atoms with Crippen molar-refractivity contribution in [1.82, 2.24) is 5.32 Å². The Bertz CT molecular complexity index is 560. The Morgan fingerprint density at radius 3 is 2.90 bits per heavy atom. The third-order valence-corrected chi connectivity index (χ3v) is 4.04. The van der Waals surface area contributed by atoms with Gasteiger partial charge in [-0.05, 0) is 24.5 Å². The van der Waals surface area contributed by atoms with E-state index in [1.54, 1.807) is 0 Å². The summed E-state index contributed by atoms with van der Waals surface area (Å²) in [6.07, 6.45) is 0.223. The van der Waals surface area contributed by atoms with Crippen molar-refractivity contribution in [2.45, 2.75) is 31.0 Å². The van der Waals surface area contributed by atoms with Gasteiger partial charge in [-0.3, -0.25) is 4.79 Å². The van der Waals surface area contributed by atoms with Crippen LogP contribution in [0.3, 0.4) is 0 Å². The minimum atomic E-state index is -0.933. The SMILES string of the molecule is O=C(O)C1CCC(CNC(=O)C2CNc3ccccc32)O1. The highest BCUT2D eigenvalue weighted by molar-refractivity contribution is 5.88. The minimum absolute atomic E-state index is 0.0465. The van der Waals surface area contributed by atoms with Crippen LogP contribution in [-0.2, 0) is 14.3 Å². The Balaban J connectivity index is 1.53. The maximum absolute atomic E-state index is 12.3. The number of hydrogen-bond acceptors (Lipinski definition) is 4. The molecule has 3 rings (SSSR count). The van der Waals surface area contributed by atoms with Crippen molar-refractivity contribution >= 4 is 17.6 Å². The van der Waals surface area contributed by atoms with E-state index in [-0.39, 0.29) is 17.9 Å². The van der Waals surface area contributed by atoms with Gasteiger partial charge in [-0.1, -0.05) is 18.2 Å². The maximum atomic E-state index is 12.3. The zero-order valence-electron chi connectivity index (χ0n) is 11.5. The maximum Gasteiger partial charge on any atom is 0.332 e. The topological polar surface area (TPSA) is 87.7 Å². The van der Waals surface area contributed by atoms with E-state index in [0.29, 0.717) is 25.9 Å². The lowest BCUT2D eigenvalue weighted by molar-refractivity contribution is -0.149. The van der Waals surface area contributed by atoms with Crippen molar-refractivity contribution in [1.29, 1.82) is 0 Å². The molecule has 3 N–H and O–H groups in total. The van der Waals surface area contributed by atoms with E-state index < -0.39 is 12.1 Å². The van der Waals surface area contributed by atoms with Crippen molar-refractivity contribution in [3.63, 3.8) is 0 Å². The number of anilines is 1. The molecule has 1 fully saturated rings. The standard InChI is InChI=1S/C15H18N2O4/c18-14(11-8-16-12-4-2-1-3-10(11)12)17-7-9-5-6-13(21-9)15(19)20/h1-4,9,11,13,16H,5-8H2,(H,17,18)(H,19,20). The summed E-state index contributed by atoms with van der Waals surface area (Å²) in [5.74, 6) is -1.18. The number of nitrogens with one attached hydrogen (secondary N) is 2. The number of benzene rings is 1. The normalized spacial score (nSPS) is 27.0. The third-order valence-electron chi connectivity index (χ3n) is 4.04. The van der Waals surface area contributed by atoms with Crippen molar-refractivity contribution < 1.29 is 19.4 Å². The molecule has 0 spiro atoms. The summed E-state index contributed by atoms with van der Waals surface area (Å²) in [5.41, 5.74) is 2.01. The summed E-state index contributed by atoms with van der Waals surface area (Å²) in [4.78, 5) is 23.1. The van der Waals surface area contributed by atoms with Crippen LogP contribution in [0.15, 0.2) is 24.3 Å². The summed E-state index contributed by atoms with van der Waals surface area (Å²) < 4.78 is 5.38. The summed E-state index contributed by atoms with van der Waals surface area (Å²) in [6, 6.07) is 7.76. The number of carbonyl (C=O) groups is 2. The Labute approximate surface area is 122 Å². The van der Waals surface area contributed by atoms with Crippen LogP contribution in [0, 0.1) is 0 Å². The van der Waals surface area contributed by atoms with E-state index >= 15 is 0 Å². The number of ether oxygens (including phenoxy) is 1. The molecule has 21 heavy (non-hydrogen) atoms. The van der Waals surface area contributed by atoms with Crippen molar-refractivity contribution in [2.24, 2.45) is 0 Å². The van der Waals surface area contributed by atoms with E-state index in [1.165, 1.54) is 0 Å². The zero-order valence-corrected chi connectivity index (χ0v) is 11.5. The minimum Gasteiger partial charge on any atom is -0.479 e. The number of carboxylic acids is 1. The molecule has 112 valence electrons. The second-order valence-electron chi connectivity index (χ2n) is 5.43. The highest BCUT2D eigenvalue weighted by Crippen LogP contribution is 2.31. The van der Waals surface area contributed by atoms with Crippen LogP contribution in [0.2, 0.25) is 0 Å². The first kappa shape index (κ1) is 13.9. The molecule has 0 saturated carbocycles. The molecule has 1 amide bonds. The largest absolute Gasteiger partial charge is 0.479 e. The van der Waals surface area contributed by atoms with Crippen LogP contribution in [-0.4, -0.2) is 42.3 Å². The average Bonchev–Trinajstić information content (AvgIpc) is 3.11. The number of para-hydroxylation sites is 1. The Morgan fingerprint density at radius 2 is 2.14 bits per heavy atom. The summed E-state index contributed by atoms with van der Waals surface area (Å²) in [7, 11) is 0. The van der Waals surface area contributed by atoms with Gasteiger partial charge < -0.3 is 20.5 Å². The molecule has 1 aromatic carbocycles. The summed E-state index contributed by atoms with van der Waals surface area (Å²) in [6.45, 7) is 0.954. The molecule has 3 atom stereocenters. The number of carboxylic acid groups (broad SMARTS) is 1. The predicted octanol–water partition coefficient (Wildman–Crippen LogP) is 0.944. The van der Waals surface area contributed by atoms with Gasteiger partial charge in [-0.2, -0.15) is 0 Å². The lowest BCUT2D eigenvalue weighted by atomic mass is 10.0. The second kappa shape index (κ2) is 5.73. The number of amides is 1. The van der Waals surface area contributed by atoms with E-state index in [9.17, 15) is 9.59 Å². The molecule has 0 aliphatic carbocycles. The van der Waals surface area contributed by atoms with Gasteiger partial charge in [0.1, 0.15) is 0 Å². The number of rotatable bonds is 4. The Morgan fingerprint density at radius 1 is 1.33 bits per heavy atom. The van der Waals surface area contributed by atoms with Crippen LogP contribution in [0.5, 0.6) is 0 Å². The summed E-state index contributed by atoms with van der Waals surface area (Å²) >= 11 is 0. The monoisotopic (exact) mass is 290 g/mol. The first-order chi connectivity index (χ1) is 10.1. The molecule has 0 radical (unpaired) electrons. The van der Waals surface area contributed by atoms with Gasteiger partial charge in [0.15, 0.2) is 6.10 Å². The summed E-state index contributed by atoms with van der Waals surface area (Å²) in [5, 5.41) is 15.0. The number of aliphatic carboxylic acids is 1. The van der Waals surface area contributed by atoms with Crippen LogP contribution in [0.1, 0.15) is 24.3 Å². The number of hydrogen-bond donors (Lipinski definition) is 3. The van der Waals surface area contributed by atoms with Crippen LogP contribution >= 0.6 is 0 Å². The molecule has 0 bridgehead atoms. The predicted molar refractivity (Wildman–Crippen MR) is 76.2 cm³/mol. The molecule has 2 heterocycles. The van der Waals surface area contributed by atoms with E-state index in [4.69, 9.17) is 9.84 Å². The quantitative estimate of drug-likeness (QED) is 0.768. The highest BCUT2D eigenvalue weighted by atomic mass is 16.5. The fourth-order valence-electron chi connectivity index (χ4n) is 2.89. The number of fused-ring (bicyclic) bond motifs is 1. The fourth-order valence-corrected chi connectivity index (χ4v) is 2.89. The van der Waals surface area contributed by atoms with Gasteiger partial charge >= 0.3 is 5.97 Å². The zero-order chi connectivity index (χ0) is 14.8. The van der Waals surface area contributed by atoms with Crippen molar-refractivity contribution in [3.8, 4) is 0 Å². The molecule has 6 nitrogen and oxygen atoms in total. The average molecular weight is 290 g/mol. The molecule has 1 saturated heterocycles. The Hall–Kier alpha value is -2.08. The van der Waals surface area contributed by atoms with Gasteiger partial charge in [0, 0.05) is 18.8 Å². The Kier molecular flexibility index (Phi) is 3.79. The van der Waals surface area contributed by atoms with Crippen molar-refractivity contribution in [3.05, 3.63) is 29.8 Å². The molecule has 2 aliphatic rings. The van der Waals surface area contributed by atoms with Crippen LogP contribution in [0.4, 0.5) is 5.69 Å². The number of carbonyl (C=O) groups excluding carboxylic acids is 1. The van der Waals surface area contributed by atoms with E-state index in [1.807, 2.05) is 24.3 Å². The molecule has 0 aromatic heterocycles. The smallest absolute Gasteiger partial charge is 0.332 e.